The molecule has 0 unspecified atom stereocenters. The van der Waals surface area contributed by atoms with Crippen molar-refractivity contribution in [2.45, 2.75) is 24.0 Å². The summed E-state index contributed by atoms with van der Waals surface area (Å²) < 4.78 is 45.3. The molecule has 0 amide bonds. The molecular weight excluding hydrogens is 252 g/mol. The van der Waals surface area contributed by atoms with Crippen LogP contribution in [0.15, 0.2) is 10.2 Å². The van der Waals surface area contributed by atoms with Crippen LogP contribution in [0.1, 0.15) is 11.3 Å². The Morgan fingerprint density at radius 2 is 1.38 bits per heavy atom. The molecule has 0 spiro atoms. The van der Waals surface area contributed by atoms with E-state index in [1.54, 1.807) is 6.92 Å². The number of aryl methyl sites for hydroxylation is 1. The van der Waals surface area contributed by atoms with Crippen molar-refractivity contribution in [2.75, 3.05) is 12.5 Å². The molecule has 6 nitrogen and oxygen atoms in total. The van der Waals surface area contributed by atoms with Crippen LogP contribution in [0.5, 0.6) is 0 Å². The van der Waals surface area contributed by atoms with Crippen LogP contribution in [0, 0.1) is 13.8 Å². The van der Waals surface area contributed by atoms with Gasteiger partial charge in [-0.15, -0.1) is 0 Å². The third-order valence-electron chi connectivity index (χ3n) is 2.01. The first kappa shape index (κ1) is 13.0. The van der Waals surface area contributed by atoms with Gasteiger partial charge in [-0.25, -0.2) is 26.8 Å². The second-order valence-corrected chi connectivity index (χ2v) is 7.41. The second kappa shape index (κ2) is 3.77. The Bertz CT molecular complexity index is 632. The molecule has 0 radical (unpaired) electrons. The smallest absolute Gasteiger partial charge is 0.223 e. The van der Waals surface area contributed by atoms with Crippen molar-refractivity contribution >= 4 is 19.7 Å². The minimum Gasteiger partial charge on any atom is -0.223 e. The lowest BCUT2D eigenvalue weighted by atomic mass is 10.3. The van der Waals surface area contributed by atoms with Gasteiger partial charge < -0.3 is 0 Å². The number of aromatic nitrogens is 2. The van der Waals surface area contributed by atoms with E-state index in [1.807, 2.05) is 0 Å². The summed E-state index contributed by atoms with van der Waals surface area (Å²) >= 11 is 0. The number of hydrogen-bond donors (Lipinski definition) is 0. The fourth-order valence-corrected chi connectivity index (χ4v) is 2.68. The molecule has 0 N–H and O–H groups in total. The third-order valence-corrected chi connectivity index (χ3v) is 3.95. The molecule has 1 rings (SSSR count). The fraction of sp³-hybridized carbons (Fsp3) is 0.500. The predicted octanol–water partition coefficient (Wildman–Crippen LogP) is -0.0996. The molecule has 0 atom stereocenters. The molecule has 90 valence electrons. The van der Waals surface area contributed by atoms with Gasteiger partial charge in [0.1, 0.15) is 0 Å². The van der Waals surface area contributed by atoms with E-state index in [0.29, 0.717) is 11.3 Å². The standard InChI is InChI=1S/C8H12N2O4S2/c1-5-6(2)9-8(16(4,13)14)10-7(5)15(3,11)12/h1-4H3. The van der Waals surface area contributed by atoms with E-state index in [1.165, 1.54) is 6.92 Å². The number of hydrogen-bond acceptors (Lipinski definition) is 6. The van der Waals surface area contributed by atoms with E-state index in [9.17, 15) is 16.8 Å². The summed E-state index contributed by atoms with van der Waals surface area (Å²) in [7, 11) is -7.17. The highest BCUT2D eigenvalue weighted by Crippen LogP contribution is 2.16. The Morgan fingerprint density at radius 3 is 1.75 bits per heavy atom. The summed E-state index contributed by atoms with van der Waals surface area (Å²) in [6.45, 7) is 3.08. The van der Waals surface area contributed by atoms with Crippen LogP contribution in [0.3, 0.4) is 0 Å². The van der Waals surface area contributed by atoms with Gasteiger partial charge in [0.25, 0.3) is 0 Å². The van der Waals surface area contributed by atoms with Crippen molar-refractivity contribution in [3.8, 4) is 0 Å². The lowest BCUT2D eigenvalue weighted by molar-refractivity contribution is 0.582. The molecule has 0 aromatic carbocycles. The largest absolute Gasteiger partial charge is 0.248 e. The van der Waals surface area contributed by atoms with Gasteiger partial charge >= 0.3 is 0 Å². The molecule has 0 aliphatic rings. The van der Waals surface area contributed by atoms with Gasteiger partial charge in [-0.1, -0.05) is 0 Å². The van der Waals surface area contributed by atoms with Gasteiger partial charge in [-0.05, 0) is 13.8 Å². The van der Waals surface area contributed by atoms with Gasteiger partial charge in [0.05, 0.1) is 0 Å². The topological polar surface area (TPSA) is 94.1 Å². The molecule has 16 heavy (non-hydrogen) atoms. The Balaban J connectivity index is 3.72. The summed E-state index contributed by atoms with van der Waals surface area (Å²) in [5, 5.41) is -0.698. The second-order valence-electron chi connectivity index (χ2n) is 3.57. The minimum absolute atomic E-state index is 0.236. The molecule has 0 aliphatic heterocycles. The maximum atomic E-state index is 11.4. The van der Waals surface area contributed by atoms with Crippen molar-refractivity contribution in [1.29, 1.82) is 0 Å². The summed E-state index contributed by atoms with van der Waals surface area (Å²) in [5.74, 6) is 0. The van der Waals surface area contributed by atoms with E-state index in [4.69, 9.17) is 0 Å². The first-order valence-corrected chi connectivity index (χ1v) is 8.07. The third kappa shape index (κ3) is 2.56. The van der Waals surface area contributed by atoms with E-state index in [0.717, 1.165) is 12.5 Å². The maximum Gasteiger partial charge on any atom is 0.248 e. The molecule has 0 saturated heterocycles. The average Bonchev–Trinajstić information content (AvgIpc) is 2.05. The van der Waals surface area contributed by atoms with Crippen molar-refractivity contribution in [2.24, 2.45) is 0 Å². The van der Waals surface area contributed by atoms with Crippen molar-refractivity contribution in [3.63, 3.8) is 0 Å². The first-order chi connectivity index (χ1) is 7.03. The van der Waals surface area contributed by atoms with Gasteiger partial charge in [-0.2, -0.15) is 0 Å². The summed E-state index contributed by atoms with van der Waals surface area (Å²) in [6.07, 6.45) is 1.91. The van der Waals surface area contributed by atoms with Crippen LogP contribution >= 0.6 is 0 Å². The van der Waals surface area contributed by atoms with Crippen molar-refractivity contribution in [3.05, 3.63) is 11.3 Å². The predicted molar refractivity (Wildman–Crippen MR) is 57.7 cm³/mol. The normalized spacial score (nSPS) is 12.8. The summed E-state index contributed by atoms with van der Waals surface area (Å²) in [4.78, 5) is 7.34. The van der Waals surface area contributed by atoms with Crippen molar-refractivity contribution < 1.29 is 16.8 Å². The number of nitrogens with zero attached hydrogens (tertiary/aromatic N) is 2. The molecule has 0 saturated carbocycles. The zero-order valence-corrected chi connectivity index (χ0v) is 11.0. The average molecular weight is 264 g/mol. The Kier molecular flexibility index (Phi) is 3.08. The quantitative estimate of drug-likeness (QED) is 0.547. The van der Waals surface area contributed by atoms with Crippen LogP contribution in [0.25, 0.3) is 0 Å². The van der Waals surface area contributed by atoms with E-state index >= 15 is 0 Å². The molecule has 0 bridgehead atoms. The van der Waals surface area contributed by atoms with E-state index in [2.05, 4.69) is 9.97 Å². The van der Waals surface area contributed by atoms with Gasteiger partial charge in [-0.3, -0.25) is 0 Å². The lowest BCUT2D eigenvalue weighted by Gasteiger charge is -2.07. The number of rotatable bonds is 2. The minimum atomic E-state index is -3.61. The zero-order valence-electron chi connectivity index (χ0n) is 9.34. The van der Waals surface area contributed by atoms with Crippen LogP contribution in [0.2, 0.25) is 0 Å². The molecule has 1 heterocycles. The van der Waals surface area contributed by atoms with Gasteiger partial charge in [0.15, 0.2) is 14.9 Å². The van der Waals surface area contributed by atoms with Crippen molar-refractivity contribution in [1.82, 2.24) is 9.97 Å². The van der Waals surface area contributed by atoms with Crippen LogP contribution < -0.4 is 0 Å². The van der Waals surface area contributed by atoms with Crippen LogP contribution in [-0.4, -0.2) is 39.3 Å². The highest BCUT2D eigenvalue weighted by atomic mass is 32.2. The summed E-state index contributed by atoms with van der Waals surface area (Å²) in [6, 6.07) is 0. The van der Waals surface area contributed by atoms with Crippen LogP contribution in [-0.2, 0) is 19.7 Å². The maximum absolute atomic E-state index is 11.4. The molecule has 1 aromatic heterocycles. The highest BCUT2D eigenvalue weighted by molar-refractivity contribution is 7.91. The van der Waals surface area contributed by atoms with Gasteiger partial charge in [0, 0.05) is 23.8 Å². The Labute approximate surface area is 94.6 Å². The molecular formula is C8H12N2O4S2. The molecule has 8 heteroatoms. The summed E-state index contributed by atoms with van der Waals surface area (Å²) in [5.41, 5.74) is 0.714. The molecule has 1 aromatic rings. The zero-order chi connectivity index (χ0) is 12.7. The van der Waals surface area contributed by atoms with E-state index in [-0.39, 0.29) is 5.03 Å². The molecule has 0 fully saturated rings. The van der Waals surface area contributed by atoms with Gasteiger partial charge in [0.2, 0.25) is 15.0 Å². The Hall–Kier alpha value is -1.02. The SMILES string of the molecule is Cc1nc(S(C)(=O)=O)nc(S(C)(=O)=O)c1C. The van der Waals surface area contributed by atoms with Crippen LogP contribution in [0.4, 0.5) is 0 Å². The Morgan fingerprint density at radius 1 is 0.875 bits per heavy atom. The lowest BCUT2D eigenvalue weighted by Crippen LogP contribution is -2.13. The fourth-order valence-electron chi connectivity index (χ4n) is 1.10. The first-order valence-electron chi connectivity index (χ1n) is 4.29. The molecule has 0 aliphatic carbocycles. The monoisotopic (exact) mass is 264 g/mol. The van der Waals surface area contributed by atoms with E-state index < -0.39 is 24.8 Å². The highest BCUT2D eigenvalue weighted by Gasteiger charge is 2.21. The number of sulfone groups is 2.